The fraction of sp³-hybridized carbons (Fsp3) is 0.444. The largest absolute Gasteiger partial charge is 0.380 e. The second-order valence-corrected chi connectivity index (χ2v) is 3.49. The summed E-state index contributed by atoms with van der Waals surface area (Å²) in [6.07, 6.45) is 3.32. The van der Waals surface area contributed by atoms with E-state index in [9.17, 15) is 4.79 Å². The summed E-state index contributed by atoms with van der Waals surface area (Å²) in [6.45, 7) is 1.81. The molecule has 0 bridgehead atoms. The van der Waals surface area contributed by atoms with Gasteiger partial charge in [0.1, 0.15) is 0 Å². The van der Waals surface area contributed by atoms with Gasteiger partial charge in [0.2, 0.25) is 0 Å². The second-order valence-electron chi connectivity index (χ2n) is 3.49. The van der Waals surface area contributed by atoms with E-state index in [-0.39, 0.29) is 5.56 Å². The minimum atomic E-state index is -0.311. The number of rotatable bonds is 3. The van der Waals surface area contributed by atoms with Crippen LogP contribution in [0, 0.1) is 12.3 Å². The highest BCUT2D eigenvalue weighted by Gasteiger charge is 2.23. The zero-order chi connectivity index (χ0) is 10.1. The SMILES string of the molecule is Cc1n[nH]c(=O)c(C=N)c1NC1CC1. The van der Waals surface area contributed by atoms with Crippen LogP contribution < -0.4 is 10.9 Å². The van der Waals surface area contributed by atoms with Gasteiger partial charge in [0.25, 0.3) is 5.56 Å². The molecule has 1 aromatic heterocycles. The summed E-state index contributed by atoms with van der Waals surface area (Å²) < 4.78 is 0. The Balaban J connectivity index is 2.46. The molecule has 3 N–H and O–H groups in total. The van der Waals surface area contributed by atoms with Crippen molar-refractivity contribution in [2.75, 3.05) is 5.32 Å². The van der Waals surface area contributed by atoms with E-state index in [0.717, 1.165) is 24.8 Å². The van der Waals surface area contributed by atoms with E-state index in [0.29, 0.717) is 17.3 Å². The van der Waals surface area contributed by atoms with E-state index in [1.807, 2.05) is 6.92 Å². The molecule has 1 fully saturated rings. The number of aromatic amines is 1. The van der Waals surface area contributed by atoms with Crippen LogP contribution in [0.5, 0.6) is 0 Å². The zero-order valence-corrected chi connectivity index (χ0v) is 7.92. The van der Waals surface area contributed by atoms with Gasteiger partial charge in [-0.25, -0.2) is 5.10 Å². The van der Waals surface area contributed by atoms with Gasteiger partial charge in [-0.05, 0) is 19.8 Å². The molecule has 1 heterocycles. The van der Waals surface area contributed by atoms with Gasteiger partial charge in [-0.2, -0.15) is 5.10 Å². The first-order valence-corrected chi connectivity index (χ1v) is 4.58. The molecule has 0 unspecified atom stereocenters. The van der Waals surface area contributed by atoms with Crippen LogP contribution in [0.3, 0.4) is 0 Å². The summed E-state index contributed by atoms with van der Waals surface area (Å²) in [5.74, 6) is 0. The summed E-state index contributed by atoms with van der Waals surface area (Å²) >= 11 is 0. The number of nitrogens with one attached hydrogen (secondary N) is 3. The number of hydrogen-bond acceptors (Lipinski definition) is 4. The normalized spacial score (nSPS) is 15.2. The summed E-state index contributed by atoms with van der Waals surface area (Å²) in [7, 11) is 0. The highest BCUT2D eigenvalue weighted by atomic mass is 16.1. The monoisotopic (exact) mass is 192 g/mol. The Morgan fingerprint density at radius 2 is 2.36 bits per heavy atom. The summed E-state index contributed by atoms with van der Waals surface area (Å²) in [5, 5.41) is 16.6. The molecule has 0 atom stereocenters. The van der Waals surface area contributed by atoms with Crippen LogP contribution in [-0.4, -0.2) is 22.5 Å². The lowest BCUT2D eigenvalue weighted by Gasteiger charge is -2.09. The van der Waals surface area contributed by atoms with Gasteiger partial charge in [0, 0.05) is 12.3 Å². The molecule has 0 spiro atoms. The molecule has 1 aliphatic carbocycles. The Hall–Kier alpha value is -1.65. The molecule has 14 heavy (non-hydrogen) atoms. The van der Waals surface area contributed by atoms with Crippen molar-refractivity contribution in [3.63, 3.8) is 0 Å². The highest BCUT2D eigenvalue weighted by Crippen LogP contribution is 2.26. The maximum Gasteiger partial charge on any atom is 0.275 e. The van der Waals surface area contributed by atoms with E-state index in [4.69, 9.17) is 5.41 Å². The van der Waals surface area contributed by atoms with Crippen LogP contribution in [0.2, 0.25) is 0 Å². The Kier molecular flexibility index (Phi) is 2.07. The maximum absolute atomic E-state index is 11.3. The lowest BCUT2D eigenvalue weighted by molar-refractivity contribution is 0.936. The Morgan fingerprint density at radius 3 is 2.93 bits per heavy atom. The Morgan fingerprint density at radius 1 is 1.64 bits per heavy atom. The quantitative estimate of drug-likeness (QED) is 0.615. The smallest absolute Gasteiger partial charge is 0.275 e. The number of H-pyrrole nitrogens is 1. The van der Waals surface area contributed by atoms with E-state index < -0.39 is 0 Å². The van der Waals surface area contributed by atoms with Gasteiger partial charge in [-0.3, -0.25) is 4.79 Å². The number of nitrogens with zero attached hydrogens (tertiary/aromatic N) is 1. The van der Waals surface area contributed by atoms with E-state index in [1.165, 1.54) is 0 Å². The van der Waals surface area contributed by atoms with E-state index in [2.05, 4.69) is 15.5 Å². The molecule has 0 amide bonds. The van der Waals surface area contributed by atoms with Gasteiger partial charge < -0.3 is 10.7 Å². The molecule has 74 valence electrons. The van der Waals surface area contributed by atoms with Gasteiger partial charge in [-0.1, -0.05) is 0 Å². The summed E-state index contributed by atoms with van der Waals surface area (Å²) in [5.41, 5.74) is 1.49. The molecule has 1 aliphatic rings. The molecule has 1 aromatic rings. The third kappa shape index (κ3) is 1.53. The highest BCUT2D eigenvalue weighted by molar-refractivity contribution is 5.85. The predicted octanol–water partition coefficient (Wildman–Crippen LogP) is 0.650. The Bertz CT molecular complexity index is 419. The summed E-state index contributed by atoms with van der Waals surface area (Å²) in [4.78, 5) is 11.3. The van der Waals surface area contributed by atoms with E-state index >= 15 is 0 Å². The lowest BCUT2D eigenvalue weighted by atomic mass is 10.2. The van der Waals surface area contributed by atoms with Crippen LogP contribution >= 0.6 is 0 Å². The summed E-state index contributed by atoms with van der Waals surface area (Å²) in [6, 6.07) is 0.455. The zero-order valence-electron chi connectivity index (χ0n) is 7.92. The third-order valence-electron chi connectivity index (χ3n) is 2.27. The van der Waals surface area contributed by atoms with Gasteiger partial charge in [0.15, 0.2) is 0 Å². The minimum Gasteiger partial charge on any atom is -0.380 e. The predicted molar refractivity (Wildman–Crippen MR) is 54.1 cm³/mol. The average molecular weight is 192 g/mol. The first-order chi connectivity index (χ1) is 6.72. The van der Waals surface area contributed by atoms with Crippen LogP contribution in [0.4, 0.5) is 5.69 Å². The first-order valence-electron chi connectivity index (χ1n) is 4.58. The van der Waals surface area contributed by atoms with Gasteiger partial charge in [0.05, 0.1) is 16.9 Å². The van der Waals surface area contributed by atoms with Crippen LogP contribution in [-0.2, 0) is 0 Å². The van der Waals surface area contributed by atoms with Crippen molar-refractivity contribution in [2.24, 2.45) is 0 Å². The average Bonchev–Trinajstić information content (AvgIpc) is 2.96. The first kappa shape index (κ1) is 8.93. The van der Waals surface area contributed by atoms with E-state index in [1.54, 1.807) is 0 Å². The second kappa shape index (κ2) is 3.25. The number of anilines is 1. The fourth-order valence-electron chi connectivity index (χ4n) is 1.31. The van der Waals surface area contributed by atoms with Crippen molar-refractivity contribution >= 4 is 11.9 Å². The molecular weight excluding hydrogens is 180 g/mol. The molecule has 0 saturated heterocycles. The van der Waals surface area contributed by atoms with Crippen molar-refractivity contribution in [2.45, 2.75) is 25.8 Å². The molecular formula is C9H12N4O. The molecule has 0 radical (unpaired) electrons. The molecule has 2 rings (SSSR count). The van der Waals surface area contributed by atoms with Crippen LogP contribution in [0.1, 0.15) is 24.1 Å². The van der Waals surface area contributed by atoms with Crippen molar-refractivity contribution in [1.82, 2.24) is 10.2 Å². The molecule has 0 aromatic carbocycles. The standard InChI is InChI=1S/C9H12N4O/c1-5-8(11-6-2-3-6)7(4-10)9(14)13-12-5/h4,6,10H,2-3H2,1H3,(H2,11,13,14). The van der Waals surface area contributed by atoms with Gasteiger partial charge >= 0.3 is 0 Å². The van der Waals surface area contributed by atoms with Crippen LogP contribution in [0.25, 0.3) is 0 Å². The number of aromatic nitrogens is 2. The third-order valence-corrected chi connectivity index (χ3v) is 2.27. The van der Waals surface area contributed by atoms with Crippen LogP contribution in [0.15, 0.2) is 4.79 Å². The topological polar surface area (TPSA) is 81.6 Å². The lowest BCUT2D eigenvalue weighted by Crippen LogP contribution is -2.19. The van der Waals surface area contributed by atoms with Crippen molar-refractivity contribution in [1.29, 1.82) is 5.41 Å². The molecule has 5 heteroatoms. The molecule has 5 nitrogen and oxygen atoms in total. The van der Waals surface area contributed by atoms with Crippen molar-refractivity contribution in [3.05, 3.63) is 21.6 Å². The number of aryl methyl sites for hydroxylation is 1. The van der Waals surface area contributed by atoms with Gasteiger partial charge in [-0.15, -0.1) is 0 Å². The van der Waals surface area contributed by atoms with Crippen molar-refractivity contribution in [3.8, 4) is 0 Å². The Labute approximate surface area is 81.1 Å². The molecule has 0 aliphatic heterocycles. The fourth-order valence-corrected chi connectivity index (χ4v) is 1.31. The van der Waals surface area contributed by atoms with Crippen molar-refractivity contribution < 1.29 is 0 Å². The minimum absolute atomic E-state index is 0.311. The number of hydrogen-bond donors (Lipinski definition) is 3. The maximum atomic E-state index is 11.3. The molecule has 1 saturated carbocycles.